The molecular weight excluding hydrogens is 352 g/mol. The molecule has 2 aromatic rings. The lowest BCUT2D eigenvalue weighted by Gasteiger charge is -2.34. The van der Waals surface area contributed by atoms with Gasteiger partial charge < -0.3 is 15.0 Å². The zero-order valence-corrected chi connectivity index (χ0v) is 17.4. The minimum Gasteiger partial charge on any atom is -0.496 e. The van der Waals surface area contributed by atoms with Crippen LogP contribution in [0.25, 0.3) is 0 Å². The number of benzene rings is 1. The van der Waals surface area contributed by atoms with Crippen LogP contribution in [0.15, 0.2) is 36.5 Å². The first kappa shape index (κ1) is 20.4. The molecule has 152 valence electrons. The fourth-order valence-electron chi connectivity index (χ4n) is 3.60. The smallest absolute Gasteiger partial charge is 0.260 e. The summed E-state index contributed by atoms with van der Waals surface area (Å²) in [6, 6.07) is 9.42. The maximum atomic E-state index is 12.7. The van der Waals surface area contributed by atoms with Crippen LogP contribution in [0, 0.1) is 5.41 Å². The number of rotatable bonds is 6. The lowest BCUT2D eigenvalue weighted by Crippen LogP contribution is -2.37. The number of hydrogen-bond acceptors (Lipinski definition) is 4. The van der Waals surface area contributed by atoms with E-state index in [4.69, 9.17) is 4.74 Å². The zero-order valence-electron chi connectivity index (χ0n) is 17.4. The van der Waals surface area contributed by atoms with Gasteiger partial charge in [-0.2, -0.15) is 5.10 Å². The lowest BCUT2D eigenvalue weighted by atomic mass is 9.91. The van der Waals surface area contributed by atoms with Gasteiger partial charge >= 0.3 is 0 Å². The number of nitrogens with one attached hydrogen (secondary N) is 1. The van der Waals surface area contributed by atoms with Crippen molar-refractivity contribution < 1.29 is 9.53 Å². The highest BCUT2D eigenvalue weighted by Gasteiger charge is 2.24. The summed E-state index contributed by atoms with van der Waals surface area (Å²) >= 11 is 0. The number of methoxy groups -OCH3 is 1. The molecule has 1 aliphatic heterocycles. The number of piperidine rings is 1. The van der Waals surface area contributed by atoms with E-state index in [1.54, 1.807) is 25.4 Å². The van der Waals surface area contributed by atoms with E-state index in [9.17, 15) is 4.79 Å². The van der Waals surface area contributed by atoms with Gasteiger partial charge in [-0.3, -0.25) is 4.79 Å². The SMILES string of the molecule is COc1ccccc1C(=O)Nc1ccnn1C1CCN(CCC(C)(C)C)CC1. The molecule has 3 rings (SSSR count). The van der Waals surface area contributed by atoms with Gasteiger partial charge in [0.05, 0.1) is 24.9 Å². The fourth-order valence-corrected chi connectivity index (χ4v) is 3.60. The number of para-hydroxylation sites is 1. The van der Waals surface area contributed by atoms with Crippen LogP contribution in [0.1, 0.15) is 56.4 Å². The molecule has 2 heterocycles. The molecule has 28 heavy (non-hydrogen) atoms. The molecule has 0 atom stereocenters. The van der Waals surface area contributed by atoms with Crippen LogP contribution in [0.3, 0.4) is 0 Å². The molecule has 1 amide bonds. The van der Waals surface area contributed by atoms with Gasteiger partial charge in [0.1, 0.15) is 11.6 Å². The average molecular weight is 385 g/mol. The second-order valence-electron chi connectivity index (χ2n) is 8.70. The summed E-state index contributed by atoms with van der Waals surface area (Å²) in [4.78, 5) is 15.3. The van der Waals surface area contributed by atoms with Crippen LogP contribution in [0.5, 0.6) is 5.75 Å². The number of carbonyl (C=O) groups is 1. The minimum atomic E-state index is -0.179. The number of amides is 1. The van der Waals surface area contributed by atoms with Crippen LogP contribution in [-0.2, 0) is 0 Å². The van der Waals surface area contributed by atoms with Crippen molar-refractivity contribution in [3.05, 3.63) is 42.1 Å². The third kappa shape index (κ3) is 5.13. The maximum absolute atomic E-state index is 12.7. The fraction of sp³-hybridized carbons (Fsp3) is 0.545. The summed E-state index contributed by atoms with van der Waals surface area (Å²) in [5, 5.41) is 7.49. The van der Waals surface area contributed by atoms with Gasteiger partial charge in [0.15, 0.2) is 0 Å². The third-order valence-electron chi connectivity index (χ3n) is 5.34. The van der Waals surface area contributed by atoms with E-state index in [-0.39, 0.29) is 5.91 Å². The molecule has 0 saturated carbocycles. The molecule has 0 aliphatic carbocycles. The van der Waals surface area contributed by atoms with E-state index in [0.29, 0.717) is 22.8 Å². The van der Waals surface area contributed by atoms with Crippen LogP contribution in [-0.4, -0.2) is 47.3 Å². The summed E-state index contributed by atoms with van der Waals surface area (Å²) in [5.74, 6) is 1.13. The summed E-state index contributed by atoms with van der Waals surface area (Å²) in [6.45, 7) is 10.2. The van der Waals surface area contributed by atoms with E-state index < -0.39 is 0 Å². The van der Waals surface area contributed by atoms with Crippen molar-refractivity contribution in [2.75, 3.05) is 32.1 Å². The van der Waals surface area contributed by atoms with E-state index in [1.807, 2.05) is 22.9 Å². The van der Waals surface area contributed by atoms with Crippen LogP contribution < -0.4 is 10.1 Å². The Hall–Kier alpha value is -2.34. The van der Waals surface area contributed by atoms with Crippen LogP contribution in [0.2, 0.25) is 0 Å². The van der Waals surface area contributed by atoms with E-state index in [2.05, 4.69) is 36.1 Å². The standard InChI is InChI=1S/C22H32N4O2/c1-22(2,3)12-16-25-14-10-17(11-15-25)26-20(9-13-23-26)24-21(27)18-7-5-6-8-19(18)28-4/h5-9,13,17H,10-12,14-16H2,1-4H3,(H,24,27). The largest absolute Gasteiger partial charge is 0.496 e. The summed E-state index contributed by atoms with van der Waals surface area (Å²) in [5.41, 5.74) is 0.893. The first-order valence-corrected chi connectivity index (χ1v) is 10.1. The predicted molar refractivity (Wildman–Crippen MR) is 112 cm³/mol. The van der Waals surface area contributed by atoms with E-state index >= 15 is 0 Å². The lowest BCUT2D eigenvalue weighted by molar-refractivity contribution is 0.102. The number of hydrogen-bond donors (Lipinski definition) is 1. The topological polar surface area (TPSA) is 59.4 Å². The Morgan fingerprint density at radius 3 is 2.61 bits per heavy atom. The van der Waals surface area contributed by atoms with E-state index in [0.717, 1.165) is 38.3 Å². The van der Waals surface area contributed by atoms with E-state index in [1.165, 1.54) is 6.42 Å². The van der Waals surface area contributed by atoms with Crippen molar-refractivity contribution >= 4 is 11.7 Å². The highest BCUT2D eigenvalue weighted by molar-refractivity contribution is 6.05. The molecule has 1 fully saturated rings. The molecule has 0 spiro atoms. The number of likely N-dealkylation sites (tertiary alicyclic amines) is 1. The first-order chi connectivity index (χ1) is 13.4. The van der Waals surface area contributed by atoms with Gasteiger partial charge in [0.2, 0.25) is 0 Å². The molecule has 6 nitrogen and oxygen atoms in total. The molecule has 1 saturated heterocycles. The van der Waals surface area contributed by atoms with Gasteiger partial charge in [-0.25, -0.2) is 4.68 Å². The molecule has 1 aromatic heterocycles. The van der Waals surface area contributed by atoms with Gasteiger partial charge in [0, 0.05) is 19.2 Å². The van der Waals surface area contributed by atoms with Crippen molar-refractivity contribution in [1.82, 2.24) is 14.7 Å². The maximum Gasteiger partial charge on any atom is 0.260 e. The molecule has 1 N–H and O–H groups in total. The van der Waals surface area contributed by atoms with Crippen molar-refractivity contribution in [3.8, 4) is 5.75 Å². The minimum absolute atomic E-state index is 0.179. The molecule has 0 unspecified atom stereocenters. The van der Waals surface area contributed by atoms with Crippen molar-refractivity contribution in [1.29, 1.82) is 0 Å². The Labute approximate surface area is 167 Å². The monoisotopic (exact) mass is 384 g/mol. The van der Waals surface area contributed by atoms with Gasteiger partial charge in [-0.1, -0.05) is 32.9 Å². The van der Waals surface area contributed by atoms with Crippen LogP contribution >= 0.6 is 0 Å². The molecule has 1 aliphatic rings. The summed E-state index contributed by atoms with van der Waals surface area (Å²) < 4.78 is 7.27. The number of anilines is 1. The Morgan fingerprint density at radius 2 is 1.93 bits per heavy atom. The number of nitrogens with zero attached hydrogens (tertiary/aromatic N) is 3. The Balaban J connectivity index is 1.61. The number of aromatic nitrogens is 2. The highest BCUT2D eigenvalue weighted by Crippen LogP contribution is 2.27. The normalized spacial score (nSPS) is 16.1. The van der Waals surface area contributed by atoms with Gasteiger partial charge in [-0.15, -0.1) is 0 Å². The Morgan fingerprint density at radius 1 is 1.21 bits per heavy atom. The molecule has 0 radical (unpaired) electrons. The molecular formula is C22H32N4O2. The second-order valence-corrected chi connectivity index (χ2v) is 8.70. The predicted octanol–water partition coefficient (Wildman–Crippen LogP) is 4.22. The summed E-state index contributed by atoms with van der Waals surface area (Å²) in [7, 11) is 1.57. The Bertz CT molecular complexity index is 786. The van der Waals surface area contributed by atoms with Gasteiger partial charge in [-0.05, 0) is 43.4 Å². The first-order valence-electron chi connectivity index (χ1n) is 10.1. The second kappa shape index (κ2) is 8.78. The highest BCUT2D eigenvalue weighted by atomic mass is 16.5. The zero-order chi connectivity index (χ0) is 20.1. The Kier molecular flexibility index (Phi) is 6.39. The third-order valence-corrected chi connectivity index (χ3v) is 5.34. The molecule has 1 aromatic carbocycles. The van der Waals surface area contributed by atoms with Crippen molar-refractivity contribution in [3.63, 3.8) is 0 Å². The average Bonchev–Trinajstić information content (AvgIpc) is 3.14. The van der Waals surface area contributed by atoms with Crippen molar-refractivity contribution in [2.45, 2.75) is 46.1 Å². The van der Waals surface area contributed by atoms with Crippen LogP contribution in [0.4, 0.5) is 5.82 Å². The molecule has 0 bridgehead atoms. The van der Waals surface area contributed by atoms with Gasteiger partial charge in [0.25, 0.3) is 5.91 Å². The quantitative estimate of drug-likeness (QED) is 0.810. The molecule has 6 heteroatoms. The van der Waals surface area contributed by atoms with Crippen molar-refractivity contribution in [2.24, 2.45) is 5.41 Å². The number of ether oxygens (including phenoxy) is 1. The number of carbonyl (C=O) groups excluding carboxylic acids is 1. The summed E-state index contributed by atoms with van der Waals surface area (Å²) in [6.07, 6.45) is 5.05.